The topological polar surface area (TPSA) is 71.3 Å². The minimum atomic E-state index is -0.316. The fourth-order valence-corrected chi connectivity index (χ4v) is 3.05. The van der Waals surface area contributed by atoms with Crippen molar-refractivity contribution >= 4 is 22.5 Å². The van der Waals surface area contributed by atoms with Crippen LogP contribution < -0.4 is 5.73 Å². The van der Waals surface area contributed by atoms with Crippen molar-refractivity contribution in [1.82, 2.24) is 9.88 Å². The maximum atomic E-state index is 12.7. The third-order valence-corrected chi connectivity index (χ3v) is 3.73. The summed E-state index contributed by atoms with van der Waals surface area (Å²) in [7, 11) is 0. The van der Waals surface area contributed by atoms with Crippen LogP contribution in [0.2, 0.25) is 0 Å². The van der Waals surface area contributed by atoms with E-state index >= 15 is 0 Å². The van der Waals surface area contributed by atoms with E-state index in [4.69, 9.17) is 10.5 Å². The van der Waals surface area contributed by atoms with Gasteiger partial charge in [-0.25, -0.2) is 0 Å². The number of aromatic nitrogens is 1. The van der Waals surface area contributed by atoms with Crippen molar-refractivity contribution < 1.29 is 9.53 Å². The van der Waals surface area contributed by atoms with Gasteiger partial charge in [-0.1, -0.05) is 0 Å². The number of carbonyl (C=O) groups is 1. The zero-order valence-electron chi connectivity index (χ0n) is 12.6. The molecule has 1 aliphatic heterocycles. The molecule has 2 aromatic rings. The van der Waals surface area contributed by atoms with E-state index in [0.29, 0.717) is 24.5 Å². The second kappa shape index (κ2) is 4.77. The minimum absolute atomic E-state index is 0.00740. The number of morpholine rings is 1. The molecule has 1 atom stereocenters. The van der Waals surface area contributed by atoms with Gasteiger partial charge >= 0.3 is 0 Å². The van der Waals surface area contributed by atoms with Crippen LogP contribution in [0.1, 0.15) is 31.3 Å². The molecule has 0 aliphatic carbocycles. The summed E-state index contributed by atoms with van der Waals surface area (Å²) < 4.78 is 5.84. The van der Waals surface area contributed by atoms with Crippen LogP contribution in [0, 0.1) is 0 Å². The van der Waals surface area contributed by atoms with Gasteiger partial charge < -0.3 is 20.4 Å². The third-order valence-electron chi connectivity index (χ3n) is 3.73. The molecule has 1 unspecified atom stereocenters. The van der Waals surface area contributed by atoms with Crippen molar-refractivity contribution in [2.24, 2.45) is 0 Å². The summed E-state index contributed by atoms with van der Waals surface area (Å²) in [5, 5.41) is 0.957. The zero-order valence-corrected chi connectivity index (χ0v) is 12.6. The van der Waals surface area contributed by atoms with Gasteiger partial charge in [0.15, 0.2) is 0 Å². The Kier molecular flexibility index (Phi) is 3.17. The van der Waals surface area contributed by atoms with E-state index in [1.165, 1.54) is 0 Å². The first-order chi connectivity index (χ1) is 9.84. The summed E-state index contributed by atoms with van der Waals surface area (Å²) in [6.45, 7) is 7.21. The lowest BCUT2D eigenvalue weighted by Crippen LogP contribution is -2.53. The molecular weight excluding hydrogens is 266 g/mol. The Morgan fingerprint density at radius 3 is 2.90 bits per heavy atom. The first-order valence-corrected chi connectivity index (χ1v) is 7.19. The Bertz CT molecular complexity index is 690. The molecule has 0 saturated carbocycles. The SMILES string of the molecule is CC1CN(C(=O)c2cc3cc(N)ccc3[nH]2)CC(C)(C)O1. The maximum Gasteiger partial charge on any atom is 0.270 e. The lowest BCUT2D eigenvalue weighted by Gasteiger charge is -2.41. The smallest absolute Gasteiger partial charge is 0.270 e. The van der Waals surface area contributed by atoms with Gasteiger partial charge in [0.25, 0.3) is 5.91 Å². The molecule has 5 heteroatoms. The molecule has 2 heterocycles. The van der Waals surface area contributed by atoms with Gasteiger partial charge in [0, 0.05) is 29.7 Å². The predicted molar refractivity (Wildman–Crippen MR) is 83.2 cm³/mol. The van der Waals surface area contributed by atoms with Crippen molar-refractivity contribution in [1.29, 1.82) is 0 Å². The molecule has 0 radical (unpaired) electrons. The van der Waals surface area contributed by atoms with Crippen LogP contribution in [0.4, 0.5) is 5.69 Å². The van der Waals surface area contributed by atoms with Crippen LogP contribution in [0.15, 0.2) is 24.3 Å². The number of benzene rings is 1. The fourth-order valence-electron chi connectivity index (χ4n) is 3.05. The summed E-state index contributed by atoms with van der Waals surface area (Å²) in [5.41, 5.74) is 7.68. The van der Waals surface area contributed by atoms with Crippen LogP contribution in [0.25, 0.3) is 10.9 Å². The molecular formula is C16H21N3O2. The molecule has 1 amide bonds. The van der Waals surface area contributed by atoms with Gasteiger partial charge in [-0.3, -0.25) is 4.79 Å². The number of anilines is 1. The van der Waals surface area contributed by atoms with Crippen molar-refractivity contribution in [3.63, 3.8) is 0 Å². The number of nitrogen functional groups attached to an aromatic ring is 1. The number of aromatic amines is 1. The summed E-state index contributed by atoms with van der Waals surface area (Å²) >= 11 is 0. The number of ether oxygens (including phenoxy) is 1. The molecule has 112 valence electrons. The number of rotatable bonds is 1. The van der Waals surface area contributed by atoms with Gasteiger partial charge in [-0.2, -0.15) is 0 Å². The molecule has 5 nitrogen and oxygen atoms in total. The van der Waals surface area contributed by atoms with E-state index in [-0.39, 0.29) is 17.6 Å². The Balaban J connectivity index is 1.89. The lowest BCUT2D eigenvalue weighted by atomic mass is 10.1. The Morgan fingerprint density at radius 2 is 2.19 bits per heavy atom. The number of fused-ring (bicyclic) bond motifs is 1. The molecule has 1 fully saturated rings. The molecule has 3 N–H and O–H groups in total. The van der Waals surface area contributed by atoms with Crippen LogP contribution in [-0.2, 0) is 4.74 Å². The van der Waals surface area contributed by atoms with E-state index in [1.807, 2.05) is 49.9 Å². The van der Waals surface area contributed by atoms with Crippen molar-refractivity contribution in [3.8, 4) is 0 Å². The number of hydrogen-bond donors (Lipinski definition) is 2. The van der Waals surface area contributed by atoms with E-state index in [0.717, 1.165) is 10.9 Å². The second-order valence-electron chi connectivity index (χ2n) is 6.40. The highest BCUT2D eigenvalue weighted by atomic mass is 16.5. The number of nitrogens with one attached hydrogen (secondary N) is 1. The second-order valence-corrected chi connectivity index (χ2v) is 6.40. The third kappa shape index (κ3) is 2.74. The molecule has 1 saturated heterocycles. The first kappa shape index (κ1) is 13.9. The zero-order chi connectivity index (χ0) is 15.2. The fraction of sp³-hybridized carbons (Fsp3) is 0.438. The van der Waals surface area contributed by atoms with Gasteiger partial charge in [0.1, 0.15) is 5.69 Å². The van der Waals surface area contributed by atoms with Crippen molar-refractivity contribution in [3.05, 3.63) is 30.0 Å². The standard InChI is InChI=1S/C16H21N3O2/c1-10-8-19(9-16(2,3)21-10)15(20)14-7-11-6-12(17)4-5-13(11)18-14/h4-7,10,18H,8-9,17H2,1-3H3. The molecule has 21 heavy (non-hydrogen) atoms. The number of H-pyrrole nitrogens is 1. The van der Waals surface area contributed by atoms with Crippen LogP contribution >= 0.6 is 0 Å². The first-order valence-electron chi connectivity index (χ1n) is 7.19. The van der Waals surface area contributed by atoms with Crippen LogP contribution in [0.5, 0.6) is 0 Å². The Hall–Kier alpha value is -2.01. The van der Waals surface area contributed by atoms with E-state index < -0.39 is 0 Å². The number of amides is 1. The number of nitrogens with zero attached hydrogens (tertiary/aromatic N) is 1. The monoisotopic (exact) mass is 287 g/mol. The molecule has 0 bridgehead atoms. The summed E-state index contributed by atoms with van der Waals surface area (Å²) in [6, 6.07) is 7.45. The Labute approximate surface area is 124 Å². The van der Waals surface area contributed by atoms with Gasteiger partial charge in [0.05, 0.1) is 11.7 Å². The quantitative estimate of drug-likeness (QED) is 0.791. The van der Waals surface area contributed by atoms with Crippen LogP contribution in [0.3, 0.4) is 0 Å². The number of hydrogen-bond acceptors (Lipinski definition) is 3. The summed E-state index contributed by atoms with van der Waals surface area (Å²) in [4.78, 5) is 17.7. The Morgan fingerprint density at radius 1 is 1.43 bits per heavy atom. The molecule has 0 spiro atoms. The maximum absolute atomic E-state index is 12.7. The molecule has 1 aromatic carbocycles. The average molecular weight is 287 g/mol. The highest BCUT2D eigenvalue weighted by Gasteiger charge is 2.34. The molecule has 1 aliphatic rings. The average Bonchev–Trinajstić information content (AvgIpc) is 2.78. The minimum Gasteiger partial charge on any atom is -0.399 e. The van der Waals surface area contributed by atoms with E-state index in [9.17, 15) is 4.79 Å². The van der Waals surface area contributed by atoms with Gasteiger partial charge in [-0.15, -0.1) is 0 Å². The summed E-state index contributed by atoms with van der Waals surface area (Å²) in [6.07, 6.45) is 0.0396. The number of nitrogens with two attached hydrogens (primary N) is 1. The largest absolute Gasteiger partial charge is 0.399 e. The number of carbonyl (C=O) groups excluding carboxylic acids is 1. The normalized spacial score (nSPS) is 21.7. The van der Waals surface area contributed by atoms with Gasteiger partial charge in [0.2, 0.25) is 0 Å². The highest BCUT2D eigenvalue weighted by molar-refractivity contribution is 5.98. The van der Waals surface area contributed by atoms with Crippen molar-refractivity contribution in [2.75, 3.05) is 18.8 Å². The molecule has 3 rings (SSSR count). The highest BCUT2D eigenvalue weighted by Crippen LogP contribution is 2.24. The summed E-state index contributed by atoms with van der Waals surface area (Å²) in [5.74, 6) is 0.00740. The predicted octanol–water partition coefficient (Wildman–Crippen LogP) is 2.39. The van der Waals surface area contributed by atoms with E-state index in [2.05, 4.69) is 4.98 Å². The van der Waals surface area contributed by atoms with Crippen LogP contribution in [-0.4, -0.2) is 40.6 Å². The lowest BCUT2D eigenvalue weighted by molar-refractivity contribution is -0.118. The van der Waals surface area contributed by atoms with E-state index in [1.54, 1.807) is 0 Å². The van der Waals surface area contributed by atoms with Crippen molar-refractivity contribution in [2.45, 2.75) is 32.5 Å². The van der Waals surface area contributed by atoms with Gasteiger partial charge in [-0.05, 0) is 45.0 Å². The molecule has 1 aromatic heterocycles.